The highest BCUT2D eigenvalue weighted by Gasteiger charge is 2.29. The van der Waals surface area contributed by atoms with Gasteiger partial charge in [-0.2, -0.15) is 0 Å². The standard InChI is InChI=1S/C15H20N2O.ClH/c1-5-16-15(2,3)14(18)12-10-17(4)13-9-7-6-8-11(12)13;/h6-10,16H,5H2,1-4H3;1H. The van der Waals surface area contributed by atoms with Crippen molar-refractivity contribution in [3.63, 3.8) is 0 Å². The molecule has 0 aliphatic heterocycles. The van der Waals surface area contributed by atoms with Crippen LogP contribution in [0, 0.1) is 0 Å². The van der Waals surface area contributed by atoms with Crippen molar-refractivity contribution in [3.8, 4) is 0 Å². The van der Waals surface area contributed by atoms with Gasteiger partial charge in [0.2, 0.25) is 0 Å². The second-order valence-electron chi connectivity index (χ2n) is 5.16. The number of hydrogen-bond donors (Lipinski definition) is 1. The number of carbonyl (C=O) groups excluding carboxylic acids is 1. The number of aryl methyl sites for hydroxylation is 1. The van der Waals surface area contributed by atoms with E-state index in [2.05, 4.69) is 5.32 Å². The van der Waals surface area contributed by atoms with E-state index >= 15 is 0 Å². The molecule has 0 saturated heterocycles. The number of Topliss-reactive ketones (excluding diaryl/α,β-unsaturated/α-hetero) is 1. The van der Waals surface area contributed by atoms with Crippen molar-refractivity contribution >= 4 is 29.1 Å². The number of ketones is 1. The van der Waals surface area contributed by atoms with E-state index in [1.807, 2.05) is 62.8 Å². The van der Waals surface area contributed by atoms with Gasteiger partial charge in [-0.3, -0.25) is 4.79 Å². The topological polar surface area (TPSA) is 34.0 Å². The number of hydrogen-bond acceptors (Lipinski definition) is 2. The second kappa shape index (κ2) is 5.76. The number of para-hydroxylation sites is 1. The number of nitrogens with zero attached hydrogens (tertiary/aromatic N) is 1. The van der Waals surface area contributed by atoms with Crippen LogP contribution in [0.1, 0.15) is 31.1 Å². The van der Waals surface area contributed by atoms with E-state index in [9.17, 15) is 4.79 Å². The van der Waals surface area contributed by atoms with Gasteiger partial charge in [0.15, 0.2) is 5.78 Å². The van der Waals surface area contributed by atoms with Crippen LogP contribution in [0.4, 0.5) is 0 Å². The van der Waals surface area contributed by atoms with Gasteiger partial charge in [0.1, 0.15) is 0 Å². The quantitative estimate of drug-likeness (QED) is 0.873. The van der Waals surface area contributed by atoms with Gasteiger partial charge in [-0.1, -0.05) is 25.1 Å². The predicted molar refractivity (Wildman–Crippen MR) is 82.3 cm³/mol. The molecule has 1 N–H and O–H groups in total. The fraction of sp³-hybridized carbons (Fsp3) is 0.400. The summed E-state index contributed by atoms with van der Waals surface area (Å²) in [6.45, 7) is 6.66. The number of halogens is 1. The maximum atomic E-state index is 12.6. The molecule has 4 heteroatoms. The first-order valence-electron chi connectivity index (χ1n) is 6.31. The number of carbonyl (C=O) groups is 1. The summed E-state index contributed by atoms with van der Waals surface area (Å²) in [5.74, 6) is 0.140. The normalized spacial score (nSPS) is 11.4. The monoisotopic (exact) mass is 280 g/mol. The van der Waals surface area contributed by atoms with Crippen molar-refractivity contribution in [2.24, 2.45) is 7.05 Å². The van der Waals surface area contributed by atoms with Crippen molar-refractivity contribution in [3.05, 3.63) is 36.0 Å². The third-order valence-corrected chi connectivity index (χ3v) is 3.33. The lowest BCUT2D eigenvalue weighted by Crippen LogP contribution is -2.46. The van der Waals surface area contributed by atoms with Crippen LogP contribution in [-0.4, -0.2) is 22.4 Å². The highest BCUT2D eigenvalue weighted by atomic mass is 35.5. The van der Waals surface area contributed by atoms with Crippen LogP contribution < -0.4 is 5.32 Å². The summed E-state index contributed by atoms with van der Waals surface area (Å²) < 4.78 is 2.00. The van der Waals surface area contributed by atoms with E-state index in [1.54, 1.807) is 0 Å². The Balaban J connectivity index is 0.00000180. The van der Waals surface area contributed by atoms with Gasteiger partial charge < -0.3 is 9.88 Å². The molecule has 0 aliphatic rings. The molecule has 1 aromatic carbocycles. The number of benzene rings is 1. The van der Waals surface area contributed by atoms with Crippen LogP contribution in [0.5, 0.6) is 0 Å². The first-order valence-corrected chi connectivity index (χ1v) is 6.31. The molecule has 104 valence electrons. The minimum Gasteiger partial charge on any atom is -0.350 e. The number of fused-ring (bicyclic) bond motifs is 1. The van der Waals surface area contributed by atoms with Crippen LogP contribution in [0.15, 0.2) is 30.5 Å². The first kappa shape index (κ1) is 15.7. The molecule has 19 heavy (non-hydrogen) atoms. The van der Waals surface area contributed by atoms with Crippen LogP contribution in [0.2, 0.25) is 0 Å². The maximum absolute atomic E-state index is 12.6. The number of nitrogens with one attached hydrogen (secondary N) is 1. The Kier molecular flexibility index (Phi) is 4.77. The fourth-order valence-electron chi connectivity index (χ4n) is 2.38. The smallest absolute Gasteiger partial charge is 0.184 e. The molecular weight excluding hydrogens is 260 g/mol. The lowest BCUT2D eigenvalue weighted by atomic mass is 9.93. The molecule has 0 fully saturated rings. The zero-order valence-corrected chi connectivity index (χ0v) is 12.7. The Morgan fingerprint density at radius 1 is 1.32 bits per heavy atom. The number of rotatable bonds is 4. The molecule has 2 rings (SSSR count). The van der Waals surface area contributed by atoms with Gasteiger partial charge in [-0.15, -0.1) is 12.4 Å². The number of aromatic nitrogens is 1. The summed E-state index contributed by atoms with van der Waals surface area (Å²) in [6, 6.07) is 8.00. The molecule has 0 atom stereocenters. The molecule has 2 aromatic rings. The lowest BCUT2D eigenvalue weighted by Gasteiger charge is -2.23. The van der Waals surface area contributed by atoms with Crippen molar-refractivity contribution in [1.82, 2.24) is 9.88 Å². The zero-order chi connectivity index (χ0) is 13.3. The molecule has 0 aliphatic carbocycles. The SMILES string of the molecule is CCNC(C)(C)C(=O)c1cn(C)c2ccccc12.Cl. The predicted octanol–water partition coefficient (Wildman–Crippen LogP) is 3.17. The molecule has 3 nitrogen and oxygen atoms in total. The highest BCUT2D eigenvalue weighted by molar-refractivity contribution is 6.12. The van der Waals surface area contributed by atoms with Crippen LogP contribution >= 0.6 is 12.4 Å². The van der Waals surface area contributed by atoms with Crippen molar-refractivity contribution < 1.29 is 4.79 Å². The minimum absolute atomic E-state index is 0. The van der Waals surface area contributed by atoms with Crippen LogP contribution in [-0.2, 0) is 7.05 Å². The van der Waals surface area contributed by atoms with Crippen LogP contribution in [0.3, 0.4) is 0 Å². The molecule has 0 unspecified atom stereocenters. The Morgan fingerprint density at radius 3 is 2.58 bits per heavy atom. The molecule has 1 heterocycles. The third kappa shape index (κ3) is 2.82. The first-order chi connectivity index (χ1) is 8.47. The molecule has 0 bridgehead atoms. The molecule has 1 aromatic heterocycles. The van der Waals surface area contributed by atoms with Crippen molar-refractivity contribution in [2.45, 2.75) is 26.3 Å². The second-order valence-corrected chi connectivity index (χ2v) is 5.16. The Morgan fingerprint density at radius 2 is 1.95 bits per heavy atom. The van der Waals surface area contributed by atoms with Gasteiger partial charge in [0, 0.05) is 29.7 Å². The summed E-state index contributed by atoms with van der Waals surface area (Å²) in [7, 11) is 1.97. The average Bonchev–Trinajstić information content (AvgIpc) is 2.66. The molecular formula is C15H21ClN2O. The van der Waals surface area contributed by atoms with Gasteiger partial charge in [-0.25, -0.2) is 0 Å². The van der Waals surface area contributed by atoms with Gasteiger partial charge in [-0.05, 0) is 26.5 Å². The number of likely N-dealkylation sites (N-methyl/N-ethyl adjacent to an activating group) is 1. The Labute approximate surface area is 120 Å². The van der Waals surface area contributed by atoms with E-state index in [-0.39, 0.29) is 18.2 Å². The summed E-state index contributed by atoms with van der Waals surface area (Å²) in [5.41, 5.74) is 1.35. The summed E-state index contributed by atoms with van der Waals surface area (Å²) >= 11 is 0. The zero-order valence-electron chi connectivity index (χ0n) is 11.9. The van der Waals surface area contributed by atoms with Gasteiger partial charge in [0.05, 0.1) is 5.54 Å². The Hall–Kier alpha value is -1.32. The largest absolute Gasteiger partial charge is 0.350 e. The van der Waals surface area contributed by atoms with Crippen molar-refractivity contribution in [2.75, 3.05) is 6.54 Å². The van der Waals surface area contributed by atoms with Crippen molar-refractivity contribution in [1.29, 1.82) is 0 Å². The summed E-state index contributed by atoms with van der Waals surface area (Å²) in [6.07, 6.45) is 1.92. The minimum atomic E-state index is -0.529. The third-order valence-electron chi connectivity index (χ3n) is 3.33. The molecule has 0 amide bonds. The maximum Gasteiger partial charge on any atom is 0.184 e. The van der Waals surface area contributed by atoms with Crippen LogP contribution in [0.25, 0.3) is 10.9 Å². The van der Waals surface area contributed by atoms with E-state index < -0.39 is 5.54 Å². The average molecular weight is 281 g/mol. The van der Waals surface area contributed by atoms with E-state index in [0.29, 0.717) is 0 Å². The van der Waals surface area contributed by atoms with E-state index in [1.165, 1.54) is 0 Å². The molecule has 0 radical (unpaired) electrons. The fourth-order valence-corrected chi connectivity index (χ4v) is 2.38. The lowest BCUT2D eigenvalue weighted by molar-refractivity contribution is 0.0885. The molecule has 0 saturated carbocycles. The van der Waals surface area contributed by atoms with E-state index in [0.717, 1.165) is 23.0 Å². The van der Waals surface area contributed by atoms with Gasteiger partial charge in [0.25, 0.3) is 0 Å². The summed E-state index contributed by atoms with van der Waals surface area (Å²) in [4.78, 5) is 12.6. The Bertz CT molecular complexity index is 587. The van der Waals surface area contributed by atoms with E-state index in [4.69, 9.17) is 0 Å². The molecule has 0 spiro atoms. The van der Waals surface area contributed by atoms with Gasteiger partial charge >= 0.3 is 0 Å². The highest BCUT2D eigenvalue weighted by Crippen LogP contribution is 2.24. The summed E-state index contributed by atoms with van der Waals surface area (Å²) in [5, 5.41) is 4.26.